The molecule has 0 bridgehead atoms. The number of likely N-dealkylation sites (tertiary alicyclic amines) is 1. The minimum atomic E-state index is -0.860. The van der Waals surface area contributed by atoms with Gasteiger partial charge in [-0.2, -0.15) is 0 Å². The molecule has 19 heavy (non-hydrogen) atoms. The van der Waals surface area contributed by atoms with Gasteiger partial charge in [0.25, 0.3) is 0 Å². The van der Waals surface area contributed by atoms with Gasteiger partial charge in [0.2, 0.25) is 0 Å². The van der Waals surface area contributed by atoms with Crippen molar-refractivity contribution in [2.75, 3.05) is 26.2 Å². The first-order valence-electron chi connectivity index (χ1n) is 6.85. The molecule has 106 valence electrons. The second-order valence-corrected chi connectivity index (χ2v) is 5.43. The molecule has 0 aromatic carbocycles. The second-order valence-electron chi connectivity index (χ2n) is 5.43. The molecule has 2 heterocycles. The van der Waals surface area contributed by atoms with E-state index in [1.165, 1.54) is 0 Å². The van der Waals surface area contributed by atoms with Gasteiger partial charge in [0.1, 0.15) is 5.69 Å². The summed E-state index contributed by atoms with van der Waals surface area (Å²) >= 11 is 0. The Morgan fingerprint density at radius 2 is 2.16 bits per heavy atom. The van der Waals surface area contributed by atoms with Crippen LogP contribution in [-0.2, 0) is 0 Å². The van der Waals surface area contributed by atoms with Gasteiger partial charge < -0.3 is 19.7 Å². The predicted molar refractivity (Wildman–Crippen MR) is 72.4 cm³/mol. The molecule has 0 radical (unpaired) electrons. The molecule has 1 unspecified atom stereocenters. The molecule has 2 rings (SSSR count). The number of carboxylic acids is 1. The van der Waals surface area contributed by atoms with Crippen LogP contribution in [0.4, 0.5) is 0 Å². The molecular formula is C14H22N2O3. The molecule has 1 fully saturated rings. The van der Waals surface area contributed by atoms with Gasteiger partial charge in [-0.1, -0.05) is 6.92 Å². The van der Waals surface area contributed by atoms with Crippen LogP contribution in [0.1, 0.15) is 36.3 Å². The van der Waals surface area contributed by atoms with Crippen molar-refractivity contribution in [2.24, 2.45) is 5.92 Å². The number of hydrogen-bond donors (Lipinski definition) is 2. The average Bonchev–Trinajstić information content (AvgIpc) is 2.89. The Labute approximate surface area is 113 Å². The Morgan fingerprint density at radius 1 is 1.47 bits per heavy atom. The highest BCUT2D eigenvalue weighted by Gasteiger charge is 2.23. The number of piperidine rings is 1. The monoisotopic (exact) mass is 266 g/mol. The maximum atomic E-state index is 11.1. The Morgan fingerprint density at radius 3 is 2.74 bits per heavy atom. The molecule has 1 aromatic rings. The maximum Gasteiger partial charge on any atom is 0.352 e. The fraction of sp³-hybridized carbons (Fsp3) is 0.643. The van der Waals surface area contributed by atoms with Crippen molar-refractivity contribution in [1.82, 2.24) is 9.47 Å². The SMILES string of the molecule is CC(CO)CN1CCC(n2cccc2C(=O)O)CC1. The molecule has 1 aliphatic rings. The summed E-state index contributed by atoms with van der Waals surface area (Å²) in [6, 6.07) is 3.73. The largest absolute Gasteiger partial charge is 0.477 e. The molecule has 2 N–H and O–H groups in total. The number of hydrogen-bond acceptors (Lipinski definition) is 3. The van der Waals surface area contributed by atoms with Crippen molar-refractivity contribution in [3.63, 3.8) is 0 Å². The van der Waals surface area contributed by atoms with E-state index < -0.39 is 5.97 Å². The third kappa shape index (κ3) is 3.36. The molecule has 0 aliphatic carbocycles. The number of aromatic carboxylic acids is 1. The lowest BCUT2D eigenvalue weighted by Gasteiger charge is -2.34. The van der Waals surface area contributed by atoms with Crippen molar-refractivity contribution in [1.29, 1.82) is 0 Å². The van der Waals surface area contributed by atoms with Gasteiger partial charge in [0.05, 0.1) is 0 Å². The molecule has 1 aliphatic heterocycles. The highest BCUT2D eigenvalue weighted by molar-refractivity contribution is 5.85. The highest BCUT2D eigenvalue weighted by atomic mass is 16.4. The van der Waals surface area contributed by atoms with E-state index in [1.807, 2.05) is 17.7 Å². The molecule has 1 aromatic heterocycles. The van der Waals surface area contributed by atoms with Crippen LogP contribution in [-0.4, -0.2) is 51.9 Å². The molecule has 0 amide bonds. The fourth-order valence-electron chi connectivity index (χ4n) is 2.77. The fourth-order valence-corrected chi connectivity index (χ4v) is 2.77. The van der Waals surface area contributed by atoms with Crippen molar-refractivity contribution >= 4 is 5.97 Å². The third-order valence-electron chi connectivity index (χ3n) is 3.83. The molecule has 1 atom stereocenters. The summed E-state index contributed by atoms with van der Waals surface area (Å²) < 4.78 is 1.88. The zero-order valence-corrected chi connectivity index (χ0v) is 11.3. The quantitative estimate of drug-likeness (QED) is 0.846. The first-order chi connectivity index (χ1) is 9.11. The summed E-state index contributed by atoms with van der Waals surface area (Å²) in [5.41, 5.74) is 0.377. The minimum Gasteiger partial charge on any atom is -0.477 e. The molecular weight excluding hydrogens is 244 g/mol. The summed E-state index contributed by atoms with van der Waals surface area (Å²) in [5.74, 6) is -0.556. The summed E-state index contributed by atoms with van der Waals surface area (Å²) in [7, 11) is 0. The van der Waals surface area contributed by atoms with Crippen LogP contribution in [0.25, 0.3) is 0 Å². The normalized spacial score (nSPS) is 19.5. The van der Waals surface area contributed by atoms with Crippen LogP contribution in [0.15, 0.2) is 18.3 Å². The maximum absolute atomic E-state index is 11.1. The molecule has 1 saturated heterocycles. The van der Waals surface area contributed by atoms with Crippen molar-refractivity contribution in [3.05, 3.63) is 24.0 Å². The van der Waals surface area contributed by atoms with Crippen LogP contribution in [0.2, 0.25) is 0 Å². The summed E-state index contributed by atoms with van der Waals surface area (Å²) in [5, 5.41) is 18.2. The molecule has 5 nitrogen and oxygen atoms in total. The van der Waals surface area contributed by atoms with E-state index in [-0.39, 0.29) is 12.6 Å². The van der Waals surface area contributed by atoms with E-state index in [0.717, 1.165) is 32.5 Å². The first kappa shape index (κ1) is 14.1. The van der Waals surface area contributed by atoms with Crippen molar-refractivity contribution in [3.8, 4) is 0 Å². The number of aromatic nitrogens is 1. The molecule has 5 heteroatoms. The minimum absolute atomic E-state index is 0.223. The van der Waals surface area contributed by atoms with Crippen LogP contribution in [0.3, 0.4) is 0 Å². The Kier molecular flexibility index (Phi) is 4.61. The van der Waals surface area contributed by atoms with Crippen molar-refractivity contribution in [2.45, 2.75) is 25.8 Å². The summed E-state index contributed by atoms with van der Waals surface area (Å²) in [6.45, 7) is 5.11. The molecule has 0 spiro atoms. The number of aliphatic hydroxyl groups is 1. The number of carbonyl (C=O) groups is 1. The van der Waals surface area contributed by atoms with Gasteiger partial charge >= 0.3 is 5.97 Å². The first-order valence-corrected chi connectivity index (χ1v) is 6.85. The Hall–Kier alpha value is -1.33. The highest BCUT2D eigenvalue weighted by Crippen LogP contribution is 2.25. The van der Waals surface area contributed by atoms with E-state index in [1.54, 1.807) is 12.1 Å². The summed E-state index contributed by atoms with van der Waals surface area (Å²) in [6.07, 6.45) is 3.79. The lowest BCUT2D eigenvalue weighted by Crippen LogP contribution is -2.38. The van der Waals surface area contributed by atoms with Crippen LogP contribution in [0.5, 0.6) is 0 Å². The van der Waals surface area contributed by atoms with Crippen LogP contribution >= 0.6 is 0 Å². The number of rotatable bonds is 5. The topological polar surface area (TPSA) is 65.7 Å². The Balaban J connectivity index is 1.92. The molecule has 0 saturated carbocycles. The van der Waals surface area contributed by atoms with Gasteiger partial charge in [0.15, 0.2) is 0 Å². The number of aliphatic hydroxyl groups excluding tert-OH is 1. The standard InChI is InChI=1S/C14H22N2O3/c1-11(10-17)9-15-7-4-12(5-8-15)16-6-2-3-13(16)14(18)19/h2-3,6,11-12,17H,4-5,7-10H2,1H3,(H,18,19). The van der Waals surface area contributed by atoms with Gasteiger partial charge in [-0.05, 0) is 30.9 Å². The van der Waals surface area contributed by atoms with E-state index in [2.05, 4.69) is 4.90 Å². The summed E-state index contributed by atoms with van der Waals surface area (Å²) in [4.78, 5) is 13.5. The van der Waals surface area contributed by atoms with E-state index in [0.29, 0.717) is 11.6 Å². The average molecular weight is 266 g/mol. The number of nitrogens with zero attached hydrogens (tertiary/aromatic N) is 2. The van der Waals surface area contributed by atoms with Gasteiger partial charge in [-0.25, -0.2) is 4.79 Å². The van der Waals surface area contributed by atoms with E-state index >= 15 is 0 Å². The lowest BCUT2D eigenvalue weighted by molar-refractivity contribution is 0.0676. The van der Waals surface area contributed by atoms with Gasteiger partial charge in [-0.3, -0.25) is 0 Å². The van der Waals surface area contributed by atoms with Crippen LogP contribution < -0.4 is 0 Å². The van der Waals surface area contributed by atoms with E-state index in [9.17, 15) is 4.79 Å². The van der Waals surface area contributed by atoms with Gasteiger partial charge in [-0.15, -0.1) is 0 Å². The second kappa shape index (κ2) is 6.21. The number of carboxylic acid groups (broad SMARTS) is 1. The van der Waals surface area contributed by atoms with E-state index in [4.69, 9.17) is 10.2 Å². The third-order valence-corrected chi connectivity index (χ3v) is 3.83. The van der Waals surface area contributed by atoms with Crippen molar-refractivity contribution < 1.29 is 15.0 Å². The Bertz CT molecular complexity index is 422. The van der Waals surface area contributed by atoms with Crippen LogP contribution in [0, 0.1) is 5.92 Å². The lowest BCUT2D eigenvalue weighted by atomic mass is 10.0. The predicted octanol–water partition coefficient (Wildman–Crippen LogP) is 1.45. The zero-order chi connectivity index (χ0) is 13.8. The smallest absolute Gasteiger partial charge is 0.352 e. The zero-order valence-electron chi connectivity index (χ0n) is 11.3. The van der Waals surface area contributed by atoms with Gasteiger partial charge in [0, 0.05) is 38.5 Å².